The second-order valence-electron chi connectivity index (χ2n) is 4.92. The van der Waals surface area contributed by atoms with Crippen LogP contribution in [0.2, 0.25) is 0 Å². The van der Waals surface area contributed by atoms with Crippen LogP contribution in [0.5, 0.6) is 0 Å². The van der Waals surface area contributed by atoms with E-state index in [1.54, 1.807) is 0 Å². The van der Waals surface area contributed by atoms with E-state index in [0.29, 0.717) is 0 Å². The first-order valence-corrected chi connectivity index (χ1v) is 5.91. The van der Waals surface area contributed by atoms with E-state index in [2.05, 4.69) is 73.8 Å². The fourth-order valence-corrected chi connectivity index (χ4v) is 2.38. The van der Waals surface area contributed by atoms with Gasteiger partial charge in [0.15, 0.2) is 0 Å². The lowest BCUT2D eigenvalue weighted by atomic mass is 9.87. The Morgan fingerprint density at radius 3 is 2.29 bits per heavy atom. The third-order valence-electron chi connectivity index (χ3n) is 3.22. The summed E-state index contributed by atoms with van der Waals surface area (Å²) >= 11 is 0. The highest BCUT2D eigenvalue weighted by atomic mass is 15.2. The van der Waals surface area contributed by atoms with Gasteiger partial charge >= 0.3 is 0 Å². The molecule has 0 spiro atoms. The summed E-state index contributed by atoms with van der Waals surface area (Å²) in [6, 6.07) is 18.9. The highest BCUT2D eigenvalue weighted by Crippen LogP contribution is 2.46. The summed E-state index contributed by atoms with van der Waals surface area (Å²) in [7, 11) is 0. The zero-order valence-electron chi connectivity index (χ0n) is 10.1. The number of nitrogens with zero attached hydrogens (tertiary/aromatic N) is 1. The van der Waals surface area contributed by atoms with Gasteiger partial charge < -0.3 is 4.90 Å². The second-order valence-corrected chi connectivity index (χ2v) is 4.92. The number of fused-ring (bicyclic) bond motifs is 1. The number of para-hydroxylation sites is 2. The maximum Gasteiger partial charge on any atom is 0.108 e. The van der Waals surface area contributed by atoms with Crippen LogP contribution in [0, 0.1) is 6.54 Å². The van der Waals surface area contributed by atoms with Crippen molar-refractivity contribution in [2.24, 2.45) is 0 Å². The summed E-state index contributed by atoms with van der Waals surface area (Å²) in [5, 5.41) is 0. The standard InChI is InChI=1S/C16H15N/c1-16(2)12-17(13-8-4-3-5-9-13)15-11-7-6-10-14(15)16/h3-11H,1-2H3. The third-order valence-corrected chi connectivity index (χ3v) is 3.22. The van der Waals surface area contributed by atoms with Crippen molar-refractivity contribution >= 4 is 11.4 Å². The van der Waals surface area contributed by atoms with Gasteiger partial charge in [0.25, 0.3) is 0 Å². The van der Waals surface area contributed by atoms with Crippen LogP contribution in [0.1, 0.15) is 19.4 Å². The number of hydrogen-bond acceptors (Lipinski definition) is 1. The third kappa shape index (κ3) is 1.62. The Hall–Kier alpha value is -1.76. The van der Waals surface area contributed by atoms with E-state index < -0.39 is 0 Å². The van der Waals surface area contributed by atoms with E-state index in [4.69, 9.17) is 0 Å². The van der Waals surface area contributed by atoms with Gasteiger partial charge in [-0.1, -0.05) is 50.2 Å². The Kier molecular flexibility index (Phi) is 2.22. The van der Waals surface area contributed by atoms with E-state index in [-0.39, 0.29) is 5.41 Å². The highest BCUT2D eigenvalue weighted by molar-refractivity contribution is 5.74. The van der Waals surface area contributed by atoms with Crippen molar-refractivity contribution in [2.75, 3.05) is 4.90 Å². The number of anilines is 2. The zero-order valence-corrected chi connectivity index (χ0v) is 10.1. The molecule has 0 atom stereocenters. The molecule has 84 valence electrons. The van der Waals surface area contributed by atoms with Crippen LogP contribution in [0.25, 0.3) is 0 Å². The lowest BCUT2D eigenvalue weighted by Gasteiger charge is -2.20. The first-order valence-electron chi connectivity index (χ1n) is 5.91. The molecule has 0 saturated carbocycles. The van der Waals surface area contributed by atoms with Crippen molar-refractivity contribution in [3.05, 3.63) is 66.7 Å². The van der Waals surface area contributed by atoms with Gasteiger partial charge in [-0.2, -0.15) is 0 Å². The second kappa shape index (κ2) is 3.63. The number of benzene rings is 2. The van der Waals surface area contributed by atoms with E-state index in [0.717, 1.165) is 0 Å². The van der Waals surface area contributed by atoms with Crippen LogP contribution in [0.3, 0.4) is 0 Å². The van der Waals surface area contributed by atoms with Crippen LogP contribution < -0.4 is 4.90 Å². The maximum absolute atomic E-state index is 3.55. The molecule has 1 heterocycles. The maximum atomic E-state index is 3.55. The van der Waals surface area contributed by atoms with Gasteiger partial charge in [0.05, 0.1) is 0 Å². The van der Waals surface area contributed by atoms with Crippen LogP contribution in [-0.4, -0.2) is 0 Å². The predicted molar refractivity (Wildman–Crippen MR) is 71.3 cm³/mol. The molecule has 0 amide bonds. The van der Waals surface area contributed by atoms with Crippen molar-refractivity contribution in [1.29, 1.82) is 0 Å². The van der Waals surface area contributed by atoms with E-state index in [9.17, 15) is 0 Å². The van der Waals surface area contributed by atoms with Gasteiger partial charge in [0, 0.05) is 16.8 Å². The van der Waals surface area contributed by atoms with Gasteiger partial charge in [-0.05, 0) is 23.8 Å². The first-order chi connectivity index (χ1) is 8.18. The van der Waals surface area contributed by atoms with Gasteiger partial charge in [-0.25, -0.2) is 0 Å². The minimum absolute atomic E-state index is 0.0214. The molecule has 0 aromatic heterocycles. The summed E-state index contributed by atoms with van der Waals surface area (Å²) in [4.78, 5) is 2.16. The quantitative estimate of drug-likeness (QED) is 0.699. The van der Waals surface area contributed by atoms with Crippen molar-refractivity contribution in [2.45, 2.75) is 19.3 Å². The van der Waals surface area contributed by atoms with Gasteiger partial charge in [-0.3, -0.25) is 0 Å². The van der Waals surface area contributed by atoms with Gasteiger partial charge in [-0.15, -0.1) is 0 Å². The molecule has 0 bridgehead atoms. The largest absolute Gasteiger partial charge is 0.329 e. The fraction of sp³-hybridized carbons (Fsp3) is 0.188. The van der Waals surface area contributed by atoms with Gasteiger partial charge in [0.1, 0.15) is 6.54 Å². The Balaban J connectivity index is 2.12. The lowest BCUT2D eigenvalue weighted by molar-refractivity contribution is 0.636. The molecule has 0 saturated heterocycles. The van der Waals surface area contributed by atoms with Crippen molar-refractivity contribution in [3.8, 4) is 0 Å². The molecular formula is C16H15N. The molecule has 0 aliphatic carbocycles. The van der Waals surface area contributed by atoms with E-state index >= 15 is 0 Å². The lowest BCUT2D eigenvalue weighted by Crippen LogP contribution is -2.18. The molecule has 0 N–H and O–H groups in total. The summed E-state index contributed by atoms with van der Waals surface area (Å²) in [5.74, 6) is 0. The van der Waals surface area contributed by atoms with Crippen LogP contribution >= 0.6 is 0 Å². The first kappa shape index (κ1) is 10.4. The average Bonchev–Trinajstić information content (AvgIpc) is 2.64. The predicted octanol–water partition coefficient (Wildman–Crippen LogP) is 4.15. The summed E-state index contributed by atoms with van der Waals surface area (Å²) in [6.07, 6.45) is 0. The monoisotopic (exact) mass is 221 g/mol. The molecule has 1 aliphatic heterocycles. The molecule has 17 heavy (non-hydrogen) atoms. The molecule has 1 heteroatoms. The van der Waals surface area contributed by atoms with Crippen molar-refractivity contribution in [1.82, 2.24) is 0 Å². The summed E-state index contributed by atoms with van der Waals surface area (Å²) in [5.41, 5.74) is 3.73. The molecule has 0 fully saturated rings. The minimum atomic E-state index is -0.0214. The molecule has 2 aromatic carbocycles. The zero-order chi connectivity index (χ0) is 11.9. The molecular weight excluding hydrogens is 206 g/mol. The van der Waals surface area contributed by atoms with E-state index in [1.807, 2.05) is 6.07 Å². The van der Waals surface area contributed by atoms with Gasteiger partial charge in [0.2, 0.25) is 0 Å². The number of hydrogen-bond donors (Lipinski definition) is 0. The highest BCUT2D eigenvalue weighted by Gasteiger charge is 2.36. The SMILES string of the molecule is CC1(C)[C]N(c2ccccc2)c2ccccc21. The van der Waals surface area contributed by atoms with Crippen LogP contribution in [-0.2, 0) is 5.41 Å². The Morgan fingerprint density at radius 2 is 1.53 bits per heavy atom. The van der Waals surface area contributed by atoms with E-state index in [1.165, 1.54) is 16.9 Å². The Morgan fingerprint density at radius 1 is 0.882 bits per heavy atom. The molecule has 1 aliphatic rings. The smallest absolute Gasteiger partial charge is 0.108 e. The van der Waals surface area contributed by atoms with Crippen molar-refractivity contribution < 1.29 is 0 Å². The molecule has 2 radical (unpaired) electrons. The van der Waals surface area contributed by atoms with Crippen LogP contribution in [0.4, 0.5) is 11.4 Å². The Bertz CT molecular complexity index is 528. The molecule has 2 aromatic rings. The summed E-state index contributed by atoms with van der Waals surface area (Å²) < 4.78 is 0. The molecule has 0 unspecified atom stereocenters. The van der Waals surface area contributed by atoms with Crippen LogP contribution in [0.15, 0.2) is 54.6 Å². The summed E-state index contributed by atoms with van der Waals surface area (Å²) in [6.45, 7) is 7.95. The normalized spacial score (nSPS) is 16.9. The fourth-order valence-electron chi connectivity index (χ4n) is 2.38. The number of rotatable bonds is 1. The Labute approximate surface area is 103 Å². The molecule has 1 nitrogen and oxygen atoms in total. The average molecular weight is 221 g/mol. The molecule has 3 rings (SSSR count). The van der Waals surface area contributed by atoms with Crippen molar-refractivity contribution in [3.63, 3.8) is 0 Å². The minimum Gasteiger partial charge on any atom is -0.329 e. The topological polar surface area (TPSA) is 3.24 Å².